The highest BCUT2D eigenvalue weighted by Gasteiger charge is 2.25. The molecular formula is C12H20N4O. The summed E-state index contributed by atoms with van der Waals surface area (Å²) in [4.78, 5) is 10.6. The summed E-state index contributed by atoms with van der Waals surface area (Å²) >= 11 is 0. The van der Waals surface area contributed by atoms with Crippen LogP contribution < -0.4 is 15.4 Å². The molecule has 1 saturated carbocycles. The first-order valence-electron chi connectivity index (χ1n) is 6.16. The third kappa shape index (κ3) is 3.22. The predicted octanol–water partition coefficient (Wildman–Crippen LogP) is 1.69. The van der Waals surface area contributed by atoms with Crippen LogP contribution in [0, 0.1) is 5.92 Å². The predicted molar refractivity (Wildman–Crippen MR) is 68.2 cm³/mol. The summed E-state index contributed by atoms with van der Waals surface area (Å²) in [5, 5.41) is 0. The molecule has 1 aliphatic rings. The van der Waals surface area contributed by atoms with Crippen LogP contribution in [0.4, 0.5) is 11.8 Å². The SMILES string of the molecule is CCCN(CC1CC1)c1cc(OC)nc(N)n1. The van der Waals surface area contributed by atoms with Crippen LogP contribution in [0.1, 0.15) is 26.2 Å². The van der Waals surface area contributed by atoms with Gasteiger partial charge in [-0.25, -0.2) is 0 Å². The molecule has 0 spiro atoms. The van der Waals surface area contributed by atoms with Gasteiger partial charge in [0.05, 0.1) is 7.11 Å². The lowest BCUT2D eigenvalue weighted by molar-refractivity contribution is 0.397. The topological polar surface area (TPSA) is 64.3 Å². The zero-order valence-electron chi connectivity index (χ0n) is 10.5. The maximum atomic E-state index is 5.69. The zero-order valence-corrected chi connectivity index (χ0v) is 10.5. The third-order valence-electron chi connectivity index (χ3n) is 2.91. The average Bonchev–Trinajstić information content (AvgIpc) is 3.11. The van der Waals surface area contributed by atoms with Gasteiger partial charge in [-0.3, -0.25) is 0 Å². The maximum Gasteiger partial charge on any atom is 0.225 e. The Labute approximate surface area is 102 Å². The lowest BCUT2D eigenvalue weighted by Gasteiger charge is -2.23. The van der Waals surface area contributed by atoms with E-state index in [4.69, 9.17) is 10.5 Å². The molecule has 0 bridgehead atoms. The molecule has 5 heteroatoms. The third-order valence-corrected chi connectivity index (χ3v) is 2.91. The van der Waals surface area contributed by atoms with Crippen LogP contribution in [-0.2, 0) is 0 Å². The van der Waals surface area contributed by atoms with Crippen molar-refractivity contribution in [3.05, 3.63) is 6.07 Å². The van der Waals surface area contributed by atoms with Crippen molar-refractivity contribution in [1.82, 2.24) is 9.97 Å². The summed E-state index contributed by atoms with van der Waals surface area (Å²) in [7, 11) is 1.59. The van der Waals surface area contributed by atoms with Gasteiger partial charge < -0.3 is 15.4 Å². The van der Waals surface area contributed by atoms with Gasteiger partial charge in [-0.15, -0.1) is 0 Å². The second-order valence-electron chi connectivity index (χ2n) is 4.52. The van der Waals surface area contributed by atoms with Crippen molar-refractivity contribution < 1.29 is 4.74 Å². The van der Waals surface area contributed by atoms with Crippen molar-refractivity contribution in [2.24, 2.45) is 5.92 Å². The number of aromatic nitrogens is 2. The standard InChI is InChI=1S/C12H20N4O/c1-3-6-16(8-9-4-5-9)10-7-11(17-2)15-12(13)14-10/h7,9H,3-6,8H2,1-2H3,(H2,13,14,15). The van der Waals surface area contributed by atoms with Crippen LogP contribution in [0.25, 0.3) is 0 Å². The number of nitrogens with zero attached hydrogens (tertiary/aromatic N) is 3. The van der Waals surface area contributed by atoms with Crippen LogP contribution in [0.2, 0.25) is 0 Å². The Kier molecular flexibility index (Phi) is 3.66. The first-order valence-corrected chi connectivity index (χ1v) is 6.16. The Morgan fingerprint density at radius 2 is 2.24 bits per heavy atom. The van der Waals surface area contributed by atoms with Crippen LogP contribution in [0.15, 0.2) is 6.07 Å². The number of ether oxygens (including phenoxy) is 1. The normalized spacial score (nSPS) is 14.7. The zero-order chi connectivity index (χ0) is 12.3. The molecule has 1 fully saturated rings. The van der Waals surface area contributed by atoms with Crippen molar-refractivity contribution >= 4 is 11.8 Å². The van der Waals surface area contributed by atoms with Crippen LogP contribution in [0.5, 0.6) is 5.88 Å². The van der Waals surface area contributed by atoms with Crippen LogP contribution in [-0.4, -0.2) is 30.2 Å². The molecule has 0 unspecified atom stereocenters. The van der Waals surface area contributed by atoms with Crippen molar-refractivity contribution in [3.8, 4) is 5.88 Å². The van der Waals surface area contributed by atoms with Gasteiger partial charge in [0.15, 0.2) is 0 Å². The summed E-state index contributed by atoms with van der Waals surface area (Å²) in [5.41, 5.74) is 5.69. The Morgan fingerprint density at radius 3 is 2.82 bits per heavy atom. The molecule has 1 aliphatic carbocycles. The number of hydrogen-bond donors (Lipinski definition) is 1. The molecule has 0 saturated heterocycles. The number of rotatable bonds is 6. The molecule has 94 valence electrons. The Morgan fingerprint density at radius 1 is 1.47 bits per heavy atom. The number of nitrogens with two attached hydrogens (primary N) is 1. The van der Waals surface area contributed by atoms with E-state index in [9.17, 15) is 0 Å². The van der Waals surface area contributed by atoms with E-state index < -0.39 is 0 Å². The van der Waals surface area contributed by atoms with Crippen LogP contribution in [0.3, 0.4) is 0 Å². The van der Waals surface area contributed by atoms with E-state index >= 15 is 0 Å². The van der Waals surface area contributed by atoms with E-state index in [1.54, 1.807) is 7.11 Å². The van der Waals surface area contributed by atoms with Gasteiger partial charge in [-0.05, 0) is 25.2 Å². The minimum Gasteiger partial charge on any atom is -0.481 e. The molecule has 0 aliphatic heterocycles. The minimum absolute atomic E-state index is 0.274. The van der Waals surface area contributed by atoms with Gasteiger partial charge in [0.25, 0.3) is 0 Å². The molecule has 5 nitrogen and oxygen atoms in total. The Balaban J connectivity index is 2.17. The molecule has 0 amide bonds. The molecule has 17 heavy (non-hydrogen) atoms. The van der Waals surface area contributed by atoms with Gasteiger partial charge in [0.2, 0.25) is 11.8 Å². The lowest BCUT2D eigenvalue weighted by atomic mass is 10.3. The van der Waals surface area contributed by atoms with Crippen molar-refractivity contribution in [3.63, 3.8) is 0 Å². The van der Waals surface area contributed by atoms with Gasteiger partial charge >= 0.3 is 0 Å². The fourth-order valence-corrected chi connectivity index (χ4v) is 1.88. The van der Waals surface area contributed by atoms with Gasteiger partial charge in [-0.2, -0.15) is 9.97 Å². The minimum atomic E-state index is 0.274. The molecular weight excluding hydrogens is 216 g/mol. The first kappa shape index (κ1) is 12.0. The lowest BCUT2D eigenvalue weighted by Crippen LogP contribution is -2.27. The summed E-state index contributed by atoms with van der Waals surface area (Å²) in [6.07, 6.45) is 3.76. The van der Waals surface area contributed by atoms with Crippen LogP contribution >= 0.6 is 0 Å². The summed E-state index contributed by atoms with van der Waals surface area (Å²) < 4.78 is 5.13. The van der Waals surface area contributed by atoms with Gasteiger partial charge in [0, 0.05) is 19.2 Å². The molecule has 0 aromatic carbocycles. The number of methoxy groups -OCH3 is 1. The molecule has 2 rings (SSSR count). The monoisotopic (exact) mass is 236 g/mol. The van der Waals surface area contributed by atoms with Gasteiger partial charge in [-0.1, -0.05) is 6.92 Å². The fourth-order valence-electron chi connectivity index (χ4n) is 1.88. The highest BCUT2D eigenvalue weighted by molar-refractivity contribution is 5.45. The molecule has 0 atom stereocenters. The molecule has 1 aromatic heterocycles. The average molecular weight is 236 g/mol. The maximum absolute atomic E-state index is 5.69. The number of nitrogen functional groups attached to an aromatic ring is 1. The van der Waals surface area contributed by atoms with Crippen molar-refractivity contribution in [2.75, 3.05) is 30.8 Å². The van der Waals surface area contributed by atoms with E-state index in [-0.39, 0.29) is 5.95 Å². The Bertz CT molecular complexity index is 379. The molecule has 1 heterocycles. The second kappa shape index (κ2) is 5.21. The summed E-state index contributed by atoms with van der Waals surface area (Å²) in [6, 6.07) is 1.86. The van der Waals surface area contributed by atoms with Crippen molar-refractivity contribution in [2.45, 2.75) is 26.2 Å². The fraction of sp³-hybridized carbons (Fsp3) is 0.667. The second-order valence-corrected chi connectivity index (χ2v) is 4.52. The van der Waals surface area contributed by atoms with E-state index in [0.29, 0.717) is 5.88 Å². The van der Waals surface area contributed by atoms with E-state index in [1.807, 2.05) is 6.07 Å². The summed E-state index contributed by atoms with van der Waals surface area (Å²) in [6.45, 7) is 4.23. The quantitative estimate of drug-likeness (QED) is 0.814. The molecule has 0 radical (unpaired) electrons. The number of hydrogen-bond acceptors (Lipinski definition) is 5. The van der Waals surface area contributed by atoms with E-state index in [1.165, 1.54) is 12.8 Å². The Hall–Kier alpha value is -1.52. The number of anilines is 2. The van der Waals surface area contributed by atoms with Crippen molar-refractivity contribution in [1.29, 1.82) is 0 Å². The smallest absolute Gasteiger partial charge is 0.225 e. The first-order chi connectivity index (χ1) is 8.22. The summed E-state index contributed by atoms with van der Waals surface area (Å²) in [5.74, 6) is 2.51. The highest BCUT2D eigenvalue weighted by Crippen LogP contribution is 2.31. The molecule has 1 aromatic rings. The molecule has 2 N–H and O–H groups in total. The highest BCUT2D eigenvalue weighted by atomic mass is 16.5. The largest absolute Gasteiger partial charge is 0.481 e. The van der Waals surface area contributed by atoms with E-state index in [0.717, 1.165) is 31.2 Å². The van der Waals surface area contributed by atoms with Gasteiger partial charge in [0.1, 0.15) is 5.82 Å². The van der Waals surface area contributed by atoms with E-state index in [2.05, 4.69) is 21.8 Å².